The summed E-state index contributed by atoms with van der Waals surface area (Å²) in [5, 5.41) is 2.92. The van der Waals surface area contributed by atoms with Gasteiger partial charge in [0.15, 0.2) is 11.5 Å². The molecular formula is C31H38BrN3O6S. The van der Waals surface area contributed by atoms with Gasteiger partial charge < -0.3 is 19.7 Å². The number of hydrogen-bond acceptors (Lipinski definition) is 6. The van der Waals surface area contributed by atoms with Gasteiger partial charge in [-0.05, 0) is 76.6 Å². The zero-order valence-corrected chi connectivity index (χ0v) is 27.4. The first-order chi connectivity index (χ1) is 19.7. The molecule has 226 valence electrons. The highest BCUT2D eigenvalue weighted by atomic mass is 79.9. The molecule has 0 saturated carbocycles. The van der Waals surface area contributed by atoms with Gasteiger partial charge in [-0.3, -0.25) is 13.9 Å². The predicted octanol–water partition coefficient (Wildman–Crippen LogP) is 5.30. The molecule has 0 radical (unpaired) electrons. The Morgan fingerprint density at radius 3 is 2.17 bits per heavy atom. The molecule has 0 fully saturated rings. The average molecular weight is 661 g/mol. The van der Waals surface area contributed by atoms with E-state index in [1.54, 1.807) is 31.2 Å². The van der Waals surface area contributed by atoms with Crippen molar-refractivity contribution >= 4 is 43.5 Å². The van der Waals surface area contributed by atoms with Crippen molar-refractivity contribution in [2.24, 2.45) is 0 Å². The number of carbonyl (C=O) groups excluding carboxylic acids is 2. The number of amides is 2. The lowest BCUT2D eigenvalue weighted by Crippen LogP contribution is -2.54. The monoisotopic (exact) mass is 659 g/mol. The fourth-order valence-corrected chi connectivity index (χ4v) is 6.11. The first-order valence-electron chi connectivity index (χ1n) is 13.3. The summed E-state index contributed by atoms with van der Waals surface area (Å²) in [5.41, 5.74) is 1.48. The van der Waals surface area contributed by atoms with Gasteiger partial charge in [0.1, 0.15) is 12.6 Å². The van der Waals surface area contributed by atoms with Gasteiger partial charge in [-0.25, -0.2) is 8.42 Å². The predicted molar refractivity (Wildman–Crippen MR) is 167 cm³/mol. The molecule has 0 aliphatic rings. The smallest absolute Gasteiger partial charge is 0.264 e. The highest BCUT2D eigenvalue weighted by Gasteiger charge is 2.33. The van der Waals surface area contributed by atoms with E-state index in [2.05, 4.69) is 21.2 Å². The molecule has 3 rings (SSSR count). The number of hydrogen-bond donors (Lipinski definition) is 1. The number of halogens is 1. The standard InChI is InChI=1S/C31H38BrN3O6S/c1-21-11-13-25(14-12-21)35(42(38,39)26-15-16-27(40-6)28(18-26)41-7)20-29(36)34(19-23-9-8-10-24(32)17-23)22(2)30(37)33-31(3,4)5/h8-18,22H,19-20H2,1-7H3,(H,33,37)/t22-/m1/s1. The topological polar surface area (TPSA) is 105 Å². The van der Waals surface area contributed by atoms with Crippen LogP contribution in [-0.2, 0) is 26.2 Å². The van der Waals surface area contributed by atoms with E-state index in [1.807, 2.05) is 52.0 Å². The van der Waals surface area contributed by atoms with Gasteiger partial charge in [-0.15, -0.1) is 0 Å². The van der Waals surface area contributed by atoms with Crippen molar-refractivity contribution in [3.05, 3.63) is 82.3 Å². The van der Waals surface area contributed by atoms with Gasteiger partial charge >= 0.3 is 0 Å². The lowest BCUT2D eigenvalue weighted by molar-refractivity contribution is -0.140. The van der Waals surface area contributed by atoms with Crippen LogP contribution in [0.2, 0.25) is 0 Å². The molecule has 0 spiro atoms. The number of nitrogens with one attached hydrogen (secondary N) is 1. The van der Waals surface area contributed by atoms with Crippen molar-refractivity contribution in [3.63, 3.8) is 0 Å². The third kappa shape index (κ3) is 8.25. The summed E-state index contributed by atoms with van der Waals surface area (Å²) in [7, 11) is -1.39. The highest BCUT2D eigenvalue weighted by Crippen LogP contribution is 2.32. The Balaban J connectivity index is 2.08. The van der Waals surface area contributed by atoms with Crippen molar-refractivity contribution in [1.82, 2.24) is 10.2 Å². The van der Waals surface area contributed by atoms with E-state index in [0.717, 1.165) is 19.9 Å². The second-order valence-corrected chi connectivity index (χ2v) is 13.7. The Kier molecular flexibility index (Phi) is 10.7. The molecule has 0 aliphatic heterocycles. The van der Waals surface area contributed by atoms with Crippen LogP contribution in [0.5, 0.6) is 11.5 Å². The third-order valence-electron chi connectivity index (χ3n) is 6.45. The number of ether oxygens (including phenoxy) is 2. The number of nitrogens with zero attached hydrogens (tertiary/aromatic N) is 2. The average Bonchev–Trinajstić information content (AvgIpc) is 2.93. The third-order valence-corrected chi connectivity index (χ3v) is 8.71. The van der Waals surface area contributed by atoms with Crippen LogP contribution < -0.4 is 19.1 Å². The van der Waals surface area contributed by atoms with Gasteiger partial charge in [-0.2, -0.15) is 0 Å². The van der Waals surface area contributed by atoms with Crippen molar-refractivity contribution < 1.29 is 27.5 Å². The summed E-state index contributed by atoms with van der Waals surface area (Å²) in [4.78, 5) is 28.6. The van der Waals surface area contributed by atoms with Gasteiger partial charge in [0.2, 0.25) is 11.8 Å². The maximum Gasteiger partial charge on any atom is 0.264 e. The van der Waals surface area contributed by atoms with Crippen LogP contribution in [0, 0.1) is 6.92 Å². The Morgan fingerprint density at radius 1 is 0.952 bits per heavy atom. The van der Waals surface area contributed by atoms with Crippen molar-refractivity contribution in [3.8, 4) is 11.5 Å². The Labute approximate surface area is 257 Å². The minimum absolute atomic E-state index is 0.0782. The van der Waals surface area contributed by atoms with E-state index >= 15 is 0 Å². The van der Waals surface area contributed by atoms with Crippen LogP contribution in [0.3, 0.4) is 0 Å². The van der Waals surface area contributed by atoms with E-state index in [9.17, 15) is 18.0 Å². The summed E-state index contributed by atoms with van der Waals surface area (Å²) in [6.45, 7) is 8.64. The van der Waals surface area contributed by atoms with E-state index in [4.69, 9.17) is 9.47 Å². The molecule has 9 nitrogen and oxygen atoms in total. The fourth-order valence-electron chi connectivity index (χ4n) is 4.23. The van der Waals surface area contributed by atoms with E-state index in [0.29, 0.717) is 11.4 Å². The normalized spacial score (nSPS) is 12.3. The maximum absolute atomic E-state index is 14.1. The number of benzene rings is 3. The first kappa shape index (κ1) is 32.9. The SMILES string of the molecule is COc1ccc(S(=O)(=O)N(CC(=O)N(Cc2cccc(Br)c2)[C@H](C)C(=O)NC(C)(C)C)c2ccc(C)cc2)cc1OC. The summed E-state index contributed by atoms with van der Waals surface area (Å²) < 4.78 is 40.7. The number of rotatable bonds is 11. The molecule has 11 heteroatoms. The van der Waals surface area contributed by atoms with Crippen molar-refractivity contribution in [1.29, 1.82) is 0 Å². The van der Waals surface area contributed by atoms with Crippen LogP contribution in [0.1, 0.15) is 38.8 Å². The summed E-state index contributed by atoms with van der Waals surface area (Å²) in [6.07, 6.45) is 0. The molecular weight excluding hydrogens is 622 g/mol. The molecule has 0 aromatic heterocycles. The fraction of sp³-hybridized carbons (Fsp3) is 0.355. The largest absolute Gasteiger partial charge is 0.493 e. The molecule has 0 unspecified atom stereocenters. The van der Waals surface area contributed by atoms with Crippen LogP contribution in [0.4, 0.5) is 5.69 Å². The van der Waals surface area contributed by atoms with Crippen LogP contribution >= 0.6 is 15.9 Å². The molecule has 3 aromatic carbocycles. The number of methoxy groups -OCH3 is 2. The van der Waals surface area contributed by atoms with Crippen LogP contribution in [0.25, 0.3) is 0 Å². The lowest BCUT2D eigenvalue weighted by Gasteiger charge is -2.33. The van der Waals surface area contributed by atoms with Crippen LogP contribution in [-0.4, -0.2) is 57.5 Å². The van der Waals surface area contributed by atoms with Gasteiger partial charge in [0.25, 0.3) is 10.0 Å². The molecule has 1 atom stereocenters. The summed E-state index contributed by atoms with van der Waals surface area (Å²) in [5.74, 6) is -0.294. The molecule has 0 saturated heterocycles. The van der Waals surface area contributed by atoms with Crippen molar-refractivity contribution in [2.75, 3.05) is 25.1 Å². The Bertz CT molecular complexity index is 1520. The first-order valence-corrected chi connectivity index (χ1v) is 15.6. The molecule has 0 bridgehead atoms. The zero-order chi connectivity index (χ0) is 31.2. The van der Waals surface area contributed by atoms with Crippen molar-refractivity contribution in [2.45, 2.75) is 57.6 Å². The molecule has 3 aromatic rings. The van der Waals surface area contributed by atoms with E-state index in [-0.39, 0.29) is 23.1 Å². The quantitative estimate of drug-likeness (QED) is 0.299. The highest BCUT2D eigenvalue weighted by molar-refractivity contribution is 9.10. The summed E-state index contributed by atoms with van der Waals surface area (Å²) >= 11 is 3.46. The molecule has 1 N–H and O–H groups in total. The van der Waals surface area contributed by atoms with Gasteiger partial charge in [0.05, 0.1) is 24.8 Å². The number of sulfonamides is 1. The minimum atomic E-state index is -4.27. The molecule has 0 aliphatic carbocycles. The van der Waals surface area contributed by atoms with Gasteiger partial charge in [-0.1, -0.05) is 45.8 Å². The lowest BCUT2D eigenvalue weighted by atomic mass is 10.1. The minimum Gasteiger partial charge on any atom is -0.493 e. The second kappa shape index (κ2) is 13.6. The number of anilines is 1. The molecule has 2 amide bonds. The zero-order valence-electron chi connectivity index (χ0n) is 25.0. The van der Waals surface area contributed by atoms with Crippen LogP contribution in [0.15, 0.2) is 76.1 Å². The maximum atomic E-state index is 14.1. The summed E-state index contributed by atoms with van der Waals surface area (Å²) in [6, 6.07) is 17.6. The number of aryl methyl sites for hydroxylation is 1. The Hall–Kier alpha value is -3.57. The molecule has 42 heavy (non-hydrogen) atoms. The Morgan fingerprint density at radius 2 is 1.60 bits per heavy atom. The number of carbonyl (C=O) groups is 2. The molecule has 0 heterocycles. The van der Waals surface area contributed by atoms with E-state index in [1.165, 1.54) is 37.3 Å². The second-order valence-electron chi connectivity index (χ2n) is 10.9. The van der Waals surface area contributed by atoms with E-state index < -0.39 is 34.1 Å². The van der Waals surface area contributed by atoms with Gasteiger partial charge in [0, 0.05) is 22.6 Å².